The Morgan fingerprint density at radius 1 is 0.485 bits per heavy atom. The number of hydrogen-bond acceptors (Lipinski definition) is 2. The quantitative estimate of drug-likeness (QED) is 0.314. The molecule has 0 aliphatic carbocycles. The highest BCUT2D eigenvalue weighted by Crippen LogP contribution is 2.47. The van der Waals surface area contributed by atoms with Crippen molar-refractivity contribution in [2.24, 2.45) is 0 Å². The van der Waals surface area contributed by atoms with E-state index in [1.165, 1.54) is 39.1 Å². The van der Waals surface area contributed by atoms with E-state index < -0.39 is 0 Å². The summed E-state index contributed by atoms with van der Waals surface area (Å²) in [6, 6.07) is 47.3. The summed E-state index contributed by atoms with van der Waals surface area (Å²) in [5, 5.41) is 3.78. The Morgan fingerprint density at radius 3 is 1.61 bits per heavy atom. The first-order valence-electron chi connectivity index (χ1n) is 11.3. The number of fused-ring (bicyclic) bond motifs is 1. The molecule has 5 aromatic carbocycles. The summed E-state index contributed by atoms with van der Waals surface area (Å²) in [4.78, 5) is 2.47. The second-order valence-corrected chi connectivity index (χ2v) is 8.28. The summed E-state index contributed by atoms with van der Waals surface area (Å²) < 4.78 is 0. The number of hydrogen-bond donors (Lipinski definition) is 1. The Kier molecular flexibility index (Phi) is 4.93. The minimum Gasteiger partial charge on any atom is -0.403 e. The molecule has 3 heteroatoms. The van der Waals surface area contributed by atoms with Crippen LogP contribution in [0.1, 0.15) is 0 Å². The molecule has 156 valence electrons. The Balaban J connectivity index is 1.65. The van der Waals surface area contributed by atoms with Crippen molar-refractivity contribution >= 4 is 29.5 Å². The Hall–Kier alpha value is -4.24. The van der Waals surface area contributed by atoms with Crippen molar-refractivity contribution in [3.05, 3.63) is 133 Å². The van der Waals surface area contributed by atoms with Gasteiger partial charge in [0.2, 0.25) is 0 Å². The molecule has 1 aliphatic heterocycles. The molecule has 1 N–H and O–H groups in total. The van der Waals surface area contributed by atoms with Crippen molar-refractivity contribution in [2.45, 2.75) is 0 Å². The molecule has 0 fully saturated rings. The van der Waals surface area contributed by atoms with E-state index in [0.717, 1.165) is 5.69 Å². The third-order valence-corrected chi connectivity index (χ3v) is 6.28. The molecule has 0 spiro atoms. The minimum absolute atomic E-state index is 0.00377. The molecule has 1 heterocycles. The molecule has 0 bridgehead atoms. The zero-order valence-corrected chi connectivity index (χ0v) is 18.2. The number of nitrogens with one attached hydrogen (secondary N) is 1. The third kappa shape index (κ3) is 3.48. The molecular formula is C30H23BN2. The van der Waals surface area contributed by atoms with Crippen molar-refractivity contribution in [3.8, 4) is 22.3 Å². The van der Waals surface area contributed by atoms with Gasteiger partial charge < -0.3 is 10.0 Å². The van der Waals surface area contributed by atoms with Gasteiger partial charge in [-0.3, -0.25) is 0 Å². The first-order chi connectivity index (χ1) is 16.4. The topological polar surface area (TPSA) is 15.3 Å². The van der Waals surface area contributed by atoms with E-state index in [-0.39, 0.29) is 6.98 Å². The van der Waals surface area contributed by atoms with Crippen LogP contribution in [0, 0.1) is 0 Å². The van der Waals surface area contributed by atoms with Crippen LogP contribution in [0.15, 0.2) is 133 Å². The molecule has 33 heavy (non-hydrogen) atoms. The highest BCUT2D eigenvalue weighted by atomic mass is 15.2. The smallest absolute Gasteiger partial charge is 0.403 e. The number of benzene rings is 5. The van der Waals surface area contributed by atoms with Gasteiger partial charge in [0, 0.05) is 22.5 Å². The van der Waals surface area contributed by atoms with Crippen LogP contribution < -0.4 is 15.5 Å². The van der Waals surface area contributed by atoms with E-state index in [2.05, 4.69) is 143 Å². The van der Waals surface area contributed by atoms with E-state index >= 15 is 0 Å². The van der Waals surface area contributed by atoms with Crippen LogP contribution in [0.4, 0.5) is 17.1 Å². The van der Waals surface area contributed by atoms with E-state index in [4.69, 9.17) is 0 Å². The lowest BCUT2D eigenvalue weighted by Gasteiger charge is -2.30. The summed E-state index contributed by atoms with van der Waals surface area (Å²) in [5.41, 5.74) is 9.63. The van der Waals surface area contributed by atoms with Gasteiger partial charge in [0.25, 0.3) is 0 Å². The molecule has 0 saturated heterocycles. The standard InChI is InChI=1S/C30H23BN2/c1-4-13-23(14-5-1)26-19-12-20-27(24-15-6-2-7-16-24)30(26)33-29-22-11-10-21-28(29)32-31(33)25-17-8-3-9-18-25/h1-22,32H. The molecule has 0 saturated carbocycles. The maximum atomic E-state index is 3.78. The average molecular weight is 422 g/mol. The van der Waals surface area contributed by atoms with Crippen LogP contribution >= 0.6 is 0 Å². The van der Waals surface area contributed by atoms with Crippen molar-refractivity contribution in [1.29, 1.82) is 0 Å². The van der Waals surface area contributed by atoms with E-state index in [1.54, 1.807) is 0 Å². The Bertz CT molecular complexity index is 1330. The van der Waals surface area contributed by atoms with Crippen LogP contribution in [0.25, 0.3) is 22.3 Å². The summed E-state index contributed by atoms with van der Waals surface area (Å²) in [6.45, 7) is -0.00377. The van der Waals surface area contributed by atoms with Gasteiger partial charge in [-0.1, -0.05) is 121 Å². The van der Waals surface area contributed by atoms with E-state index in [0.29, 0.717) is 0 Å². The summed E-state index contributed by atoms with van der Waals surface area (Å²) in [5.74, 6) is 0. The van der Waals surface area contributed by atoms with Crippen LogP contribution in [0.3, 0.4) is 0 Å². The Morgan fingerprint density at radius 2 is 1.00 bits per heavy atom. The normalized spacial score (nSPS) is 12.4. The molecule has 0 amide bonds. The van der Waals surface area contributed by atoms with Crippen molar-refractivity contribution in [2.75, 3.05) is 10.0 Å². The maximum absolute atomic E-state index is 3.78. The maximum Gasteiger partial charge on any atom is 0.413 e. The number of para-hydroxylation sites is 3. The van der Waals surface area contributed by atoms with Gasteiger partial charge in [0.1, 0.15) is 0 Å². The van der Waals surface area contributed by atoms with Crippen molar-refractivity contribution in [3.63, 3.8) is 0 Å². The lowest BCUT2D eigenvalue weighted by molar-refractivity contribution is 1.41. The number of anilines is 3. The fourth-order valence-corrected chi connectivity index (χ4v) is 4.78. The highest BCUT2D eigenvalue weighted by Gasteiger charge is 2.38. The van der Waals surface area contributed by atoms with Gasteiger partial charge in [-0.15, -0.1) is 0 Å². The summed E-state index contributed by atoms with van der Waals surface area (Å²) in [7, 11) is 0. The molecule has 6 rings (SSSR count). The van der Waals surface area contributed by atoms with Crippen LogP contribution in [-0.4, -0.2) is 6.98 Å². The van der Waals surface area contributed by atoms with E-state index in [9.17, 15) is 0 Å². The molecule has 0 unspecified atom stereocenters. The lowest BCUT2D eigenvalue weighted by atomic mass is 9.66. The molecule has 0 atom stereocenters. The van der Waals surface area contributed by atoms with Gasteiger partial charge in [0.05, 0.1) is 5.69 Å². The van der Waals surface area contributed by atoms with Crippen molar-refractivity contribution < 1.29 is 0 Å². The number of rotatable bonds is 4. The second-order valence-electron chi connectivity index (χ2n) is 8.28. The summed E-state index contributed by atoms with van der Waals surface area (Å²) >= 11 is 0. The molecular weight excluding hydrogens is 399 g/mol. The first-order valence-corrected chi connectivity index (χ1v) is 11.3. The monoisotopic (exact) mass is 422 g/mol. The Labute approximate surface area is 195 Å². The van der Waals surface area contributed by atoms with Crippen molar-refractivity contribution in [1.82, 2.24) is 0 Å². The fourth-order valence-electron chi connectivity index (χ4n) is 4.78. The van der Waals surface area contributed by atoms with Gasteiger partial charge in [0.15, 0.2) is 0 Å². The molecule has 2 nitrogen and oxygen atoms in total. The largest absolute Gasteiger partial charge is 0.413 e. The fraction of sp³-hybridized carbons (Fsp3) is 0. The molecule has 5 aromatic rings. The zero-order chi connectivity index (χ0) is 22.0. The molecule has 0 aromatic heterocycles. The second kappa shape index (κ2) is 8.36. The number of nitrogens with zero attached hydrogens (tertiary/aromatic N) is 1. The lowest BCUT2D eigenvalue weighted by Crippen LogP contribution is -2.48. The first kappa shape index (κ1) is 19.5. The highest BCUT2D eigenvalue weighted by molar-refractivity contribution is 6.83. The SMILES string of the molecule is c1ccc(B2Nc3ccccc3N2c2c(-c3ccccc3)cccc2-c2ccccc2)cc1. The average Bonchev–Trinajstić information content (AvgIpc) is 3.29. The van der Waals surface area contributed by atoms with Gasteiger partial charge in [-0.25, -0.2) is 0 Å². The van der Waals surface area contributed by atoms with Gasteiger partial charge >= 0.3 is 6.98 Å². The van der Waals surface area contributed by atoms with E-state index in [1.807, 2.05) is 0 Å². The van der Waals surface area contributed by atoms with Crippen LogP contribution in [-0.2, 0) is 0 Å². The van der Waals surface area contributed by atoms with Crippen LogP contribution in [0.5, 0.6) is 0 Å². The summed E-state index contributed by atoms with van der Waals surface area (Å²) in [6.07, 6.45) is 0. The third-order valence-electron chi connectivity index (χ3n) is 6.28. The molecule has 1 aliphatic rings. The van der Waals surface area contributed by atoms with Gasteiger partial charge in [-0.05, 0) is 28.7 Å². The predicted octanol–water partition coefficient (Wildman–Crippen LogP) is 6.98. The predicted molar refractivity (Wildman–Crippen MR) is 141 cm³/mol. The molecule has 0 radical (unpaired) electrons. The van der Waals surface area contributed by atoms with Crippen LogP contribution in [0.2, 0.25) is 0 Å². The van der Waals surface area contributed by atoms with Gasteiger partial charge in [-0.2, -0.15) is 0 Å². The minimum atomic E-state index is -0.00377. The zero-order valence-electron chi connectivity index (χ0n) is 18.2.